The lowest BCUT2D eigenvalue weighted by molar-refractivity contribution is -0.129. The highest BCUT2D eigenvalue weighted by Gasteiger charge is 2.42. The molecule has 6 heteroatoms. The molecule has 2 aliphatic heterocycles. The number of hydrogen-bond donors (Lipinski definition) is 1. The Hall–Kier alpha value is -3.22. The third kappa shape index (κ3) is 5.94. The highest BCUT2D eigenvalue weighted by Crippen LogP contribution is 2.39. The van der Waals surface area contributed by atoms with Gasteiger partial charge in [0.1, 0.15) is 0 Å². The van der Waals surface area contributed by atoms with Gasteiger partial charge in [-0.15, -0.1) is 0 Å². The van der Waals surface area contributed by atoms with Crippen LogP contribution in [0.3, 0.4) is 0 Å². The molecule has 0 spiro atoms. The minimum atomic E-state index is -0.621. The second kappa shape index (κ2) is 11.2. The van der Waals surface area contributed by atoms with Crippen LogP contribution in [0, 0.1) is 0 Å². The maximum Gasteiger partial charge on any atom is 0.290 e. The van der Waals surface area contributed by atoms with Gasteiger partial charge in [-0.2, -0.15) is 0 Å². The first kappa shape index (κ1) is 25.9. The molecule has 1 amide bonds. The van der Waals surface area contributed by atoms with Crippen LogP contribution in [0.15, 0.2) is 72.0 Å². The molecule has 0 bridgehead atoms. The van der Waals surface area contributed by atoms with Crippen molar-refractivity contribution in [1.29, 1.82) is 0 Å². The van der Waals surface area contributed by atoms with Crippen LogP contribution in [-0.2, 0) is 19.7 Å². The van der Waals surface area contributed by atoms with E-state index in [9.17, 15) is 14.7 Å². The van der Waals surface area contributed by atoms with Gasteiger partial charge in [0.2, 0.25) is 0 Å². The zero-order valence-corrected chi connectivity index (χ0v) is 21.4. The predicted octanol–water partition coefficient (Wildman–Crippen LogP) is 4.68. The fraction of sp³-hybridized carbons (Fsp3) is 0.400. The molecule has 36 heavy (non-hydrogen) atoms. The quantitative estimate of drug-likeness (QED) is 0.546. The molecule has 0 aliphatic carbocycles. The lowest BCUT2D eigenvalue weighted by Crippen LogP contribution is -2.39. The maximum absolute atomic E-state index is 13.3. The average molecular weight is 489 g/mol. The molecular formula is C30H36N2O4. The van der Waals surface area contributed by atoms with Gasteiger partial charge in [-0.05, 0) is 34.6 Å². The van der Waals surface area contributed by atoms with Crippen LogP contribution in [0.4, 0.5) is 0 Å². The van der Waals surface area contributed by atoms with Crippen LogP contribution in [0.25, 0.3) is 6.08 Å². The molecule has 4 rings (SSSR count). The Morgan fingerprint density at radius 3 is 2.33 bits per heavy atom. The van der Waals surface area contributed by atoms with Crippen molar-refractivity contribution in [1.82, 2.24) is 9.80 Å². The van der Waals surface area contributed by atoms with E-state index in [0.29, 0.717) is 6.54 Å². The number of nitrogens with zero attached hydrogens (tertiary/aromatic N) is 2. The van der Waals surface area contributed by atoms with Gasteiger partial charge in [0.15, 0.2) is 11.5 Å². The van der Waals surface area contributed by atoms with Gasteiger partial charge in [0, 0.05) is 26.2 Å². The highest BCUT2D eigenvalue weighted by atomic mass is 16.5. The van der Waals surface area contributed by atoms with E-state index in [0.717, 1.165) is 50.4 Å². The molecule has 2 aliphatic rings. The molecular weight excluding hydrogens is 452 g/mol. The molecule has 6 nitrogen and oxygen atoms in total. The summed E-state index contributed by atoms with van der Waals surface area (Å²) in [6, 6.07) is 16.9. The standard InChI is InChI=1S/C30H36N2O4/c1-30(2,3)24-13-11-23(12-14-24)27-26(25(33)15-10-22-8-5-4-6-9-22)28(34)29(35)32(27)17-7-16-31-18-20-36-21-19-31/h4-6,8-15,27,34H,7,16-21H2,1-3H3/b15-10+/t27-/m1/s1. The summed E-state index contributed by atoms with van der Waals surface area (Å²) < 4.78 is 5.42. The maximum atomic E-state index is 13.3. The smallest absolute Gasteiger partial charge is 0.290 e. The Labute approximate surface area is 213 Å². The van der Waals surface area contributed by atoms with Crippen LogP contribution in [0.5, 0.6) is 0 Å². The number of carbonyl (C=O) groups is 2. The fourth-order valence-corrected chi connectivity index (χ4v) is 4.76. The summed E-state index contributed by atoms with van der Waals surface area (Å²) in [6.45, 7) is 10.9. The molecule has 2 heterocycles. The van der Waals surface area contributed by atoms with Gasteiger partial charge in [-0.25, -0.2) is 0 Å². The number of allylic oxidation sites excluding steroid dienone is 1. The van der Waals surface area contributed by atoms with Crippen molar-refractivity contribution < 1.29 is 19.4 Å². The Morgan fingerprint density at radius 1 is 1.03 bits per heavy atom. The molecule has 1 saturated heterocycles. The van der Waals surface area contributed by atoms with Gasteiger partial charge in [0.05, 0.1) is 24.8 Å². The number of aliphatic hydroxyl groups is 1. The summed E-state index contributed by atoms with van der Waals surface area (Å²) in [5.74, 6) is -1.29. The monoisotopic (exact) mass is 488 g/mol. The Bertz CT molecular complexity index is 1120. The fourth-order valence-electron chi connectivity index (χ4n) is 4.76. The molecule has 1 atom stereocenters. The molecule has 0 unspecified atom stereocenters. The number of benzene rings is 2. The van der Waals surface area contributed by atoms with E-state index in [4.69, 9.17) is 4.74 Å². The third-order valence-corrected chi connectivity index (χ3v) is 6.87. The second-order valence-electron chi connectivity index (χ2n) is 10.5. The van der Waals surface area contributed by atoms with Crippen LogP contribution < -0.4 is 0 Å². The molecule has 190 valence electrons. The first-order valence-electron chi connectivity index (χ1n) is 12.7. The number of hydrogen-bond acceptors (Lipinski definition) is 5. The Kier molecular flexibility index (Phi) is 8.07. The zero-order chi connectivity index (χ0) is 25.7. The van der Waals surface area contributed by atoms with Crippen LogP contribution in [0.2, 0.25) is 0 Å². The molecule has 0 saturated carbocycles. The summed E-state index contributed by atoms with van der Waals surface area (Å²) in [6.07, 6.45) is 3.91. The van der Waals surface area contributed by atoms with Crippen molar-refractivity contribution in [3.8, 4) is 0 Å². The summed E-state index contributed by atoms with van der Waals surface area (Å²) in [4.78, 5) is 30.5. The van der Waals surface area contributed by atoms with E-state index >= 15 is 0 Å². The van der Waals surface area contributed by atoms with E-state index in [1.54, 1.807) is 11.0 Å². The number of carbonyl (C=O) groups excluding carboxylic acids is 2. The van der Waals surface area contributed by atoms with E-state index < -0.39 is 17.7 Å². The van der Waals surface area contributed by atoms with Gasteiger partial charge in [-0.3, -0.25) is 14.5 Å². The van der Waals surface area contributed by atoms with Gasteiger partial charge < -0.3 is 14.7 Å². The van der Waals surface area contributed by atoms with Gasteiger partial charge in [0.25, 0.3) is 5.91 Å². The van der Waals surface area contributed by atoms with Crippen molar-refractivity contribution in [3.63, 3.8) is 0 Å². The topological polar surface area (TPSA) is 70.1 Å². The number of ketones is 1. The summed E-state index contributed by atoms with van der Waals surface area (Å²) >= 11 is 0. The van der Waals surface area contributed by atoms with Crippen molar-refractivity contribution >= 4 is 17.8 Å². The van der Waals surface area contributed by atoms with E-state index in [-0.39, 0.29) is 16.8 Å². The van der Waals surface area contributed by atoms with Gasteiger partial charge in [-0.1, -0.05) is 81.4 Å². The number of aliphatic hydroxyl groups excluding tert-OH is 1. The van der Waals surface area contributed by atoms with Crippen molar-refractivity contribution in [2.75, 3.05) is 39.4 Å². The van der Waals surface area contributed by atoms with Crippen LogP contribution in [0.1, 0.15) is 49.9 Å². The molecule has 2 aromatic rings. The first-order valence-corrected chi connectivity index (χ1v) is 12.7. The molecule has 1 fully saturated rings. The SMILES string of the molecule is CC(C)(C)c1ccc([C@@H]2C(C(=O)/C=C/c3ccccc3)=C(O)C(=O)N2CCCN2CCOCC2)cc1. The largest absolute Gasteiger partial charge is 0.503 e. The third-order valence-electron chi connectivity index (χ3n) is 6.87. The van der Waals surface area contributed by atoms with E-state index in [2.05, 4.69) is 25.7 Å². The molecule has 0 aromatic heterocycles. The zero-order valence-electron chi connectivity index (χ0n) is 21.4. The van der Waals surface area contributed by atoms with Crippen LogP contribution in [-0.4, -0.2) is 66.0 Å². The predicted molar refractivity (Wildman–Crippen MR) is 142 cm³/mol. The second-order valence-corrected chi connectivity index (χ2v) is 10.5. The lowest BCUT2D eigenvalue weighted by Gasteiger charge is -2.30. The molecule has 2 aromatic carbocycles. The molecule has 1 N–H and O–H groups in total. The minimum Gasteiger partial charge on any atom is -0.503 e. The highest BCUT2D eigenvalue weighted by molar-refractivity contribution is 6.14. The normalized spacial score (nSPS) is 19.5. The van der Waals surface area contributed by atoms with Crippen molar-refractivity contribution in [2.24, 2.45) is 0 Å². The Morgan fingerprint density at radius 2 is 1.69 bits per heavy atom. The summed E-state index contributed by atoms with van der Waals surface area (Å²) in [7, 11) is 0. The van der Waals surface area contributed by atoms with Crippen molar-refractivity contribution in [3.05, 3.63) is 88.7 Å². The number of morpholine rings is 1. The minimum absolute atomic E-state index is 0.0169. The van der Waals surface area contributed by atoms with Crippen molar-refractivity contribution in [2.45, 2.75) is 38.6 Å². The van der Waals surface area contributed by atoms with E-state index in [1.165, 1.54) is 11.6 Å². The lowest BCUT2D eigenvalue weighted by atomic mass is 9.85. The number of rotatable bonds is 8. The first-order chi connectivity index (χ1) is 17.3. The Balaban J connectivity index is 1.60. The number of amides is 1. The average Bonchev–Trinajstić information content (AvgIpc) is 3.13. The van der Waals surface area contributed by atoms with Crippen LogP contribution >= 0.6 is 0 Å². The summed E-state index contributed by atoms with van der Waals surface area (Å²) in [5.41, 5.74) is 2.99. The van der Waals surface area contributed by atoms with Gasteiger partial charge >= 0.3 is 0 Å². The summed E-state index contributed by atoms with van der Waals surface area (Å²) in [5, 5.41) is 10.9. The molecule has 0 radical (unpaired) electrons. The number of ether oxygens (including phenoxy) is 1. The van der Waals surface area contributed by atoms with E-state index in [1.807, 2.05) is 54.6 Å².